The second-order valence-electron chi connectivity index (χ2n) is 8.31. The van der Waals surface area contributed by atoms with Crippen LogP contribution in [-0.2, 0) is 16.0 Å². The Balaban J connectivity index is 1.73. The van der Waals surface area contributed by atoms with Crippen LogP contribution in [0.5, 0.6) is 5.75 Å². The van der Waals surface area contributed by atoms with E-state index in [0.717, 1.165) is 23.3 Å². The summed E-state index contributed by atoms with van der Waals surface area (Å²) < 4.78 is 11.0. The van der Waals surface area contributed by atoms with Crippen LogP contribution in [0.15, 0.2) is 30.4 Å². The van der Waals surface area contributed by atoms with Crippen molar-refractivity contribution in [2.45, 2.75) is 70.2 Å². The van der Waals surface area contributed by atoms with Crippen LogP contribution in [0.2, 0.25) is 0 Å². The monoisotopic (exact) mass is 412 g/mol. The van der Waals surface area contributed by atoms with E-state index in [1.165, 1.54) is 7.11 Å². The minimum atomic E-state index is -0.594. The lowest BCUT2D eigenvalue weighted by Gasteiger charge is -2.19. The number of carbonyl (C=O) groups excluding carboxylic acids is 1. The molecule has 2 aliphatic rings. The van der Waals surface area contributed by atoms with E-state index in [1.807, 2.05) is 25.1 Å². The number of benzene rings is 1. The third-order valence-corrected chi connectivity index (χ3v) is 6.26. The van der Waals surface area contributed by atoms with Gasteiger partial charge in [0.05, 0.1) is 19.3 Å². The van der Waals surface area contributed by atoms with E-state index in [9.17, 15) is 15.0 Å². The van der Waals surface area contributed by atoms with Crippen LogP contribution in [0, 0.1) is 23.7 Å². The lowest BCUT2D eigenvalue weighted by atomic mass is 9.86. The largest absolute Gasteiger partial charge is 0.489 e. The Morgan fingerprint density at radius 3 is 2.97 bits per heavy atom. The number of carbonyl (C=O) groups is 1. The zero-order valence-electron chi connectivity index (χ0n) is 18.0. The van der Waals surface area contributed by atoms with Gasteiger partial charge in [-0.05, 0) is 31.2 Å². The molecule has 1 aromatic carbocycles. The molecule has 1 fully saturated rings. The molecule has 1 aliphatic carbocycles. The highest BCUT2D eigenvalue weighted by Crippen LogP contribution is 2.52. The van der Waals surface area contributed by atoms with Gasteiger partial charge in [0.1, 0.15) is 11.9 Å². The molecule has 0 amide bonds. The molecule has 1 aromatic rings. The zero-order valence-corrected chi connectivity index (χ0v) is 18.0. The first kappa shape index (κ1) is 22.4. The molecule has 30 heavy (non-hydrogen) atoms. The number of aryl methyl sites for hydroxylation is 1. The molecule has 0 saturated heterocycles. The lowest BCUT2D eigenvalue weighted by molar-refractivity contribution is -0.140. The number of ether oxygens (including phenoxy) is 2. The topological polar surface area (TPSA) is 76.0 Å². The summed E-state index contributed by atoms with van der Waals surface area (Å²) in [7, 11) is 1.40. The van der Waals surface area contributed by atoms with Gasteiger partial charge in [-0.1, -0.05) is 37.3 Å². The summed E-state index contributed by atoms with van der Waals surface area (Å²) in [5, 5.41) is 21.1. The summed E-state index contributed by atoms with van der Waals surface area (Å²) in [6.07, 6.45) is 5.66. The van der Waals surface area contributed by atoms with Crippen molar-refractivity contribution in [3.8, 4) is 17.6 Å². The fraction of sp³-hybridized carbons (Fsp3) is 0.560. The summed E-state index contributed by atoms with van der Waals surface area (Å²) >= 11 is 0. The Bertz CT molecular complexity index is 834. The zero-order chi connectivity index (χ0) is 21.7. The first-order valence-corrected chi connectivity index (χ1v) is 10.8. The van der Waals surface area contributed by atoms with E-state index in [4.69, 9.17) is 9.47 Å². The van der Waals surface area contributed by atoms with Crippen LogP contribution in [0.3, 0.4) is 0 Å². The van der Waals surface area contributed by atoms with Gasteiger partial charge in [-0.25, -0.2) is 0 Å². The molecule has 0 aromatic heterocycles. The Morgan fingerprint density at radius 2 is 2.23 bits per heavy atom. The smallest absolute Gasteiger partial charge is 0.305 e. The molecule has 1 aliphatic heterocycles. The third kappa shape index (κ3) is 4.88. The maximum absolute atomic E-state index is 11.4. The molecule has 3 rings (SSSR count). The van der Waals surface area contributed by atoms with Gasteiger partial charge < -0.3 is 19.7 Å². The Morgan fingerprint density at radius 1 is 1.43 bits per heavy atom. The predicted molar refractivity (Wildman–Crippen MR) is 115 cm³/mol. The second kappa shape index (κ2) is 10.1. The van der Waals surface area contributed by atoms with Gasteiger partial charge in [-0.3, -0.25) is 4.79 Å². The first-order valence-electron chi connectivity index (χ1n) is 10.8. The number of aliphatic hydroxyl groups excluding tert-OH is 2. The number of hydrogen-bond acceptors (Lipinski definition) is 5. The summed E-state index contributed by atoms with van der Waals surface area (Å²) in [5.74, 6) is 6.58. The molecule has 0 unspecified atom stereocenters. The molecule has 0 bridgehead atoms. The number of para-hydroxylation sites is 1. The minimum Gasteiger partial charge on any atom is -0.489 e. The van der Waals surface area contributed by atoms with Gasteiger partial charge in [-0.2, -0.15) is 0 Å². The third-order valence-electron chi connectivity index (χ3n) is 6.26. The second-order valence-corrected chi connectivity index (χ2v) is 8.31. The van der Waals surface area contributed by atoms with Gasteiger partial charge in [-0.15, -0.1) is 11.8 Å². The van der Waals surface area contributed by atoms with Crippen molar-refractivity contribution in [1.29, 1.82) is 0 Å². The van der Waals surface area contributed by atoms with E-state index in [1.54, 1.807) is 13.0 Å². The van der Waals surface area contributed by atoms with Crippen molar-refractivity contribution >= 4 is 5.97 Å². The maximum Gasteiger partial charge on any atom is 0.305 e. The minimum absolute atomic E-state index is 0.0385. The molecule has 1 saturated carbocycles. The van der Waals surface area contributed by atoms with Gasteiger partial charge in [0.15, 0.2) is 0 Å². The normalized spacial score (nSPS) is 26.3. The molecule has 0 radical (unpaired) electrons. The van der Waals surface area contributed by atoms with Crippen LogP contribution in [0.4, 0.5) is 0 Å². The molecule has 162 valence electrons. The van der Waals surface area contributed by atoms with Crippen molar-refractivity contribution in [2.24, 2.45) is 11.8 Å². The SMILES string of the molecule is CC#CC[C@@H](C)[C@H](O)/C=C/[C@@H]1[C@H]2c3cccc(CCCC(=O)OC)c3O[C@H]2C[C@H]1O. The fourth-order valence-electron chi connectivity index (χ4n) is 4.51. The van der Waals surface area contributed by atoms with Crippen molar-refractivity contribution in [2.75, 3.05) is 7.11 Å². The van der Waals surface area contributed by atoms with E-state index < -0.39 is 12.2 Å². The fourth-order valence-corrected chi connectivity index (χ4v) is 4.51. The van der Waals surface area contributed by atoms with Crippen LogP contribution in [0.1, 0.15) is 56.6 Å². The van der Waals surface area contributed by atoms with E-state index in [2.05, 4.69) is 17.9 Å². The standard InChI is InChI=1S/C25H32O5/c1-4-5-8-16(2)20(26)14-13-18-21(27)15-22-24(18)19-11-6-9-17(25(19)30-22)10-7-12-23(28)29-3/h6,9,11,13-14,16,18,20-22,24,26-27H,7-8,10,12,15H2,1-3H3/b14-13+/t16-,18+,20-,21-,22+,24+/m1/s1. The molecule has 5 nitrogen and oxygen atoms in total. The molecule has 1 heterocycles. The van der Waals surface area contributed by atoms with Crippen molar-refractivity contribution < 1.29 is 24.5 Å². The molecule has 5 heteroatoms. The van der Waals surface area contributed by atoms with E-state index >= 15 is 0 Å². The van der Waals surface area contributed by atoms with Crippen LogP contribution in [0.25, 0.3) is 0 Å². The summed E-state index contributed by atoms with van der Waals surface area (Å²) in [5.41, 5.74) is 2.20. The molecule has 6 atom stereocenters. The van der Waals surface area contributed by atoms with Gasteiger partial charge in [0, 0.05) is 36.7 Å². The summed E-state index contributed by atoms with van der Waals surface area (Å²) in [4.78, 5) is 11.4. The average Bonchev–Trinajstić information content (AvgIpc) is 3.25. The summed E-state index contributed by atoms with van der Waals surface area (Å²) in [6.45, 7) is 3.77. The highest BCUT2D eigenvalue weighted by molar-refractivity contribution is 5.69. The number of aliphatic hydroxyl groups is 2. The molecule has 0 spiro atoms. The van der Waals surface area contributed by atoms with Crippen LogP contribution >= 0.6 is 0 Å². The highest BCUT2D eigenvalue weighted by Gasteiger charge is 2.48. The molecular formula is C25H32O5. The predicted octanol–water partition coefficient (Wildman–Crippen LogP) is 3.37. The van der Waals surface area contributed by atoms with Gasteiger partial charge >= 0.3 is 5.97 Å². The maximum atomic E-state index is 11.4. The van der Waals surface area contributed by atoms with Gasteiger partial charge in [0.25, 0.3) is 0 Å². The number of esters is 1. The van der Waals surface area contributed by atoms with Crippen LogP contribution < -0.4 is 4.74 Å². The number of methoxy groups -OCH3 is 1. The lowest BCUT2D eigenvalue weighted by Crippen LogP contribution is -2.19. The number of hydrogen-bond donors (Lipinski definition) is 2. The Kier molecular flexibility index (Phi) is 7.58. The Hall–Kier alpha value is -2.29. The number of fused-ring (bicyclic) bond motifs is 3. The van der Waals surface area contributed by atoms with Gasteiger partial charge in [0.2, 0.25) is 0 Å². The average molecular weight is 413 g/mol. The quantitative estimate of drug-likeness (QED) is 0.389. The summed E-state index contributed by atoms with van der Waals surface area (Å²) in [6, 6.07) is 6.13. The van der Waals surface area contributed by atoms with Crippen molar-refractivity contribution in [3.05, 3.63) is 41.5 Å². The first-order chi connectivity index (χ1) is 14.5. The highest BCUT2D eigenvalue weighted by atomic mass is 16.5. The molecule has 2 N–H and O–H groups in total. The number of rotatable bonds is 8. The Labute approximate surface area is 179 Å². The van der Waals surface area contributed by atoms with E-state index in [-0.39, 0.29) is 29.8 Å². The molecular weight excluding hydrogens is 380 g/mol. The van der Waals surface area contributed by atoms with E-state index in [0.29, 0.717) is 25.7 Å². The van der Waals surface area contributed by atoms with Crippen molar-refractivity contribution in [1.82, 2.24) is 0 Å². The van der Waals surface area contributed by atoms with Crippen LogP contribution in [-0.4, -0.2) is 41.6 Å². The van der Waals surface area contributed by atoms with Crippen molar-refractivity contribution in [3.63, 3.8) is 0 Å².